The lowest BCUT2D eigenvalue weighted by Crippen LogP contribution is -2.47. The van der Waals surface area contributed by atoms with Gasteiger partial charge in [0.05, 0.1) is 0 Å². The van der Waals surface area contributed by atoms with Gasteiger partial charge in [0, 0.05) is 31.9 Å². The molecule has 0 saturated carbocycles. The Balaban J connectivity index is 1.66. The molecule has 0 N–H and O–H groups in total. The van der Waals surface area contributed by atoms with Crippen LogP contribution < -0.4 is 9.80 Å². The van der Waals surface area contributed by atoms with E-state index in [0.29, 0.717) is 5.95 Å². The third-order valence-electron chi connectivity index (χ3n) is 3.28. The van der Waals surface area contributed by atoms with Gasteiger partial charge in [0.2, 0.25) is 11.2 Å². The molecule has 0 atom stereocenters. The quantitative estimate of drug-likeness (QED) is 0.847. The topological polar surface area (TPSA) is 45.2 Å². The van der Waals surface area contributed by atoms with Gasteiger partial charge in [0.25, 0.3) is 0 Å². The van der Waals surface area contributed by atoms with E-state index in [1.54, 1.807) is 12.1 Å². The average molecular weight is 294 g/mol. The summed E-state index contributed by atoms with van der Waals surface area (Å²) in [4.78, 5) is 16.3. The molecule has 2 heterocycles. The van der Waals surface area contributed by atoms with Gasteiger partial charge in [-0.15, -0.1) is 0 Å². The molecule has 0 spiro atoms. The minimum absolute atomic E-state index is 0.205. The van der Waals surface area contributed by atoms with Crippen molar-refractivity contribution >= 4 is 23.2 Å². The van der Waals surface area contributed by atoms with Crippen LogP contribution in [0.3, 0.4) is 0 Å². The summed E-state index contributed by atoms with van der Waals surface area (Å²) < 4.78 is 12.9. The molecule has 7 heteroatoms. The fraction of sp³-hybridized carbons (Fsp3) is 0.308. The Morgan fingerprint density at radius 1 is 0.950 bits per heavy atom. The van der Waals surface area contributed by atoms with Crippen LogP contribution in [-0.2, 0) is 0 Å². The minimum atomic E-state index is -0.216. The SMILES string of the molecule is Fc1ccc(N2CCN(c3ncnc(Cl)n3)CC2)cc1. The largest absolute Gasteiger partial charge is 0.368 e. The van der Waals surface area contributed by atoms with E-state index in [4.69, 9.17) is 11.6 Å². The number of aromatic nitrogens is 3. The second kappa shape index (κ2) is 5.58. The Hall–Kier alpha value is -1.95. The number of piperazine rings is 1. The molecule has 20 heavy (non-hydrogen) atoms. The molecule has 0 aliphatic carbocycles. The molecule has 1 fully saturated rings. The predicted molar refractivity (Wildman–Crippen MR) is 75.7 cm³/mol. The molecule has 0 bridgehead atoms. The van der Waals surface area contributed by atoms with Crippen LogP contribution in [0.4, 0.5) is 16.0 Å². The van der Waals surface area contributed by atoms with Crippen molar-refractivity contribution in [1.29, 1.82) is 0 Å². The molecule has 0 unspecified atom stereocenters. The monoisotopic (exact) mass is 293 g/mol. The van der Waals surface area contributed by atoms with E-state index in [0.717, 1.165) is 31.9 Å². The number of halogens is 2. The maximum absolute atomic E-state index is 12.9. The smallest absolute Gasteiger partial charge is 0.229 e. The lowest BCUT2D eigenvalue weighted by atomic mass is 10.2. The van der Waals surface area contributed by atoms with Gasteiger partial charge in [-0.05, 0) is 35.9 Å². The zero-order chi connectivity index (χ0) is 13.9. The molecule has 5 nitrogen and oxygen atoms in total. The van der Waals surface area contributed by atoms with Crippen LogP contribution in [0, 0.1) is 5.82 Å². The number of anilines is 2. The number of hydrogen-bond acceptors (Lipinski definition) is 5. The van der Waals surface area contributed by atoms with Gasteiger partial charge in [-0.1, -0.05) is 0 Å². The second-order valence-electron chi connectivity index (χ2n) is 4.51. The Kier molecular flexibility index (Phi) is 3.64. The number of rotatable bonds is 2. The second-order valence-corrected chi connectivity index (χ2v) is 4.84. The number of benzene rings is 1. The highest BCUT2D eigenvalue weighted by molar-refractivity contribution is 6.28. The maximum Gasteiger partial charge on any atom is 0.229 e. The van der Waals surface area contributed by atoms with Crippen LogP contribution >= 0.6 is 11.6 Å². The first-order chi connectivity index (χ1) is 9.72. The molecular weight excluding hydrogens is 281 g/mol. The molecular formula is C13H13ClFN5. The summed E-state index contributed by atoms with van der Waals surface area (Å²) in [6, 6.07) is 6.55. The van der Waals surface area contributed by atoms with Crippen LogP contribution in [-0.4, -0.2) is 41.1 Å². The zero-order valence-corrected chi connectivity index (χ0v) is 11.5. The van der Waals surface area contributed by atoms with E-state index >= 15 is 0 Å². The van der Waals surface area contributed by atoms with Gasteiger partial charge in [-0.3, -0.25) is 0 Å². The zero-order valence-electron chi connectivity index (χ0n) is 10.7. The highest BCUT2D eigenvalue weighted by Gasteiger charge is 2.19. The minimum Gasteiger partial charge on any atom is -0.368 e. The summed E-state index contributed by atoms with van der Waals surface area (Å²) in [6.07, 6.45) is 1.41. The van der Waals surface area contributed by atoms with E-state index in [1.165, 1.54) is 18.5 Å². The highest BCUT2D eigenvalue weighted by atomic mass is 35.5. The lowest BCUT2D eigenvalue weighted by Gasteiger charge is -2.36. The van der Waals surface area contributed by atoms with Gasteiger partial charge in [0.1, 0.15) is 12.1 Å². The van der Waals surface area contributed by atoms with Crippen LogP contribution in [0.2, 0.25) is 5.28 Å². The molecule has 104 valence electrons. The molecule has 1 aliphatic heterocycles. The van der Waals surface area contributed by atoms with Crippen LogP contribution in [0.25, 0.3) is 0 Å². The molecule has 0 radical (unpaired) electrons. The average Bonchev–Trinajstić information content (AvgIpc) is 2.48. The van der Waals surface area contributed by atoms with Crippen LogP contribution in [0.15, 0.2) is 30.6 Å². The molecule has 1 aromatic carbocycles. The predicted octanol–water partition coefficient (Wildman–Crippen LogP) is 1.99. The van der Waals surface area contributed by atoms with Gasteiger partial charge < -0.3 is 9.80 Å². The molecule has 0 amide bonds. The van der Waals surface area contributed by atoms with Crippen LogP contribution in [0.5, 0.6) is 0 Å². The molecule has 2 aromatic rings. The van der Waals surface area contributed by atoms with Crippen molar-refractivity contribution in [2.45, 2.75) is 0 Å². The Labute approximate surface area is 121 Å². The van der Waals surface area contributed by atoms with E-state index in [9.17, 15) is 4.39 Å². The van der Waals surface area contributed by atoms with Crippen molar-refractivity contribution in [3.63, 3.8) is 0 Å². The first-order valence-electron chi connectivity index (χ1n) is 6.32. The van der Waals surface area contributed by atoms with Crippen molar-refractivity contribution in [2.24, 2.45) is 0 Å². The molecule has 1 aromatic heterocycles. The van der Waals surface area contributed by atoms with Crippen molar-refractivity contribution < 1.29 is 4.39 Å². The summed E-state index contributed by atoms with van der Waals surface area (Å²) in [5.41, 5.74) is 1.03. The van der Waals surface area contributed by atoms with Crippen molar-refractivity contribution in [3.05, 3.63) is 41.7 Å². The van der Waals surface area contributed by atoms with Crippen molar-refractivity contribution in [3.8, 4) is 0 Å². The van der Waals surface area contributed by atoms with Crippen LogP contribution in [0.1, 0.15) is 0 Å². The molecule has 1 saturated heterocycles. The summed E-state index contributed by atoms with van der Waals surface area (Å²) in [7, 11) is 0. The summed E-state index contributed by atoms with van der Waals surface area (Å²) >= 11 is 5.77. The van der Waals surface area contributed by atoms with Crippen molar-refractivity contribution in [2.75, 3.05) is 36.0 Å². The molecule has 1 aliphatic rings. The third-order valence-corrected chi connectivity index (χ3v) is 3.47. The summed E-state index contributed by atoms with van der Waals surface area (Å²) in [6.45, 7) is 3.24. The fourth-order valence-electron chi connectivity index (χ4n) is 2.24. The molecule has 3 rings (SSSR count). The normalized spacial score (nSPS) is 15.5. The van der Waals surface area contributed by atoms with Gasteiger partial charge >= 0.3 is 0 Å². The first-order valence-corrected chi connectivity index (χ1v) is 6.70. The lowest BCUT2D eigenvalue weighted by molar-refractivity contribution is 0.622. The van der Waals surface area contributed by atoms with E-state index in [2.05, 4.69) is 24.8 Å². The maximum atomic E-state index is 12.9. The standard InChI is InChI=1S/C13H13ClFN5/c14-12-16-9-17-13(18-12)20-7-5-19(6-8-20)11-3-1-10(15)2-4-11/h1-4,9H,5-8H2. The Morgan fingerprint density at radius 3 is 2.25 bits per heavy atom. The Bertz CT molecular complexity index is 584. The number of hydrogen-bond donors (Lipinski definition) is 0. The van der Waals surface area contributed by atoms with Gasteiger partial charge in [-0.25, -0.2) is 14.4 Å². The van der Waals surface area contributed by atoms with Crippen molar-refractivity contribution in [1.82, 2.24) is 15.0 Å². The Morgan fingerprint density at radius 2 is 1.60 bits per heavy atom. The summed E-state index contributed by atoms with van der Waals surface area (Å²) in [5, 5.41) is 0.205. The van der Waals surface area contributed by atoms with Gasteiger partial charge in [-0.2, -0.15) is 4.98 Å². The first kappa shape index (κ1) is 13.1. The fourth-order valence-corrected chi connectivity index (χ4v) is 2.36. The number of nitrogens with zero attached hydrogens (tertiary/aromatic N) is 5. The highest BCUT2D eigenvalue weighted by Crippen LogP contribution is 2.18. The van der Waals surface area contributed by atoms with E-state index in [-0.39, 0.29) is 11.1 Å². The summed E-state index contributed by atoms with van der Waals surface area (Å²) in [5.74, 6) is 0.385. The van der Waals surface area contributed by atoms with E-state index < -0.39 is 0 Å². The van der Waals surface area contributed by atoms with Gasteiger partial charge in [0.15, 0.2) is 0 Å². The third kappa shape index (κ3) is 2.80. The van der Waals surface area contributed by atoms with E-state index in [1.807, 2.05) is 0 Å².